The van der Waals surface area contributed by atoms with Gasteiger partial charge < -0.3 is 15.0 Å². The molecule has 1 N–H and O–H groups in total. The number of carbonyl (C=O) groups excluding carboxylic acids is 2. The van der Waals surface area contributed by atoms with Gasteiger partial charge in [0.15, 0.2) is 0 Å². The van der Waals surface area contributed by atoms with E-state index in [-0.39, 0.29) is 49.5 Å². The molecule has 0 radical (unpaired) electrons. The molecule has 0 fully saturated rings. The number of carbonyl (C=O) groups is 2. The number of hydrogen-bond acceptors (Lipinski definition) is 5. The summed E-state index contributed by atoms with van der Waals surface area (Å²) in [5.41, 5.74) is 1.14. The molecule has 0 aliphatic heterocycles. The number of sulfonamides is 1. The average molecular weight is 536 g/mol. The van der Waals surface area contributed by atoms with Crippen molar-refractivity contribution >= 4 is 27.5 Å². The van der Waals surface area contributed by atoms with Crippen molar-refractivity contribution in [1.82, 2.24) is 10.2 Å². The Labute approximate surface area is 219 Å². The predicted molar refractivity (Wildman–Crippen MR) is 143 cm³/mol. The first-order chi connectivity index (χ1) is 17.5. The third kappa shape index (κ3) is 9.35. The van der Waals surface area contributed by atoms with Gasteiger partial charge in [-0.25, -0.2) is 12.8 Å². The number of anilines is 1. The lowest BCUT2D eigenvalue weighted by Crippen LogP contribution is -2.49. The Morgan fingerprint density at radius 2 is 1.78 bits per heavy atom. The van der Waals surface area contributed by atoms with Gasteiger partial charge in [0.05, 0.1) is 19.1 Å². The standard InChI is InChI=1S/C27H38FN3O5S/c1-6-25(27(33)29-18-20(2)3)30(19-21-12-14-22(28)15-13-21)26(32)11-8-16-31(37(5,34)35)23-9-7-10-24(17-23)36-4/h7,9-10,12-15,17,20,25H,6,8,11,16,18-19H2,1-5H3,(H,29,33)/t25-/m1/s1. The van der Waals surface area contributed by atoms with Crippen LogP contribution in [0.3, 0.4) is 0 Å². The van der Waals surface area contributed by atoms with Gasteiger partial charge in [0.2, 0.25) is 21.8 Å². The summed E-state index contributed by atoms with van der Waals surface area (Å²) in [6.07, 6.45) is 1.79. The predicted octanol–water partition coefficient (Wildman–Crippen LogP) is 3.96. The zero-order chi connectivity index (χ0) is 27.6. The van der Waals surface area contributed by atoms with Crippen LogP contribution in [0.1, 0.15) is 45.6 Å². The molecule has 0 aliphatic carbocycles. The summed E-state index contributed by atoms with van der Waals surface area (Å²) in [6, 6.07) is 11.8. The minimum absolute atomic E-state index is 0.0329. The Morgan fingerprint density at radius 3 is 2.35 bits per heavy atom. The molecule has 0 heterocycles. The van der Waals surface area contributed by atoms with Crippen LogP contribution in [-0.2, 0) is 26.2 Å². The second kappa shape index (κ2) is 14.0. The van der Waals surface area contributed by atoms with Crippen LogP contribution in [0.2, 0.25) is 0 Å². The van der Waals surface area contributed by atoms with E-state index in [1.807, 2.05) is 20.8 Å². The van der Waals surface area contributed by atoms with E-state index in [4.69, 9.17) is 4.74 Å². The molecule has 0 aliphatic rings. The fraction of sp³-hybridized carbons (Fsp3) is 0.481. The van der Waals surface area contributed by atoms with E-state index in [0.717, 1.165) is 6.26 Å². The highest BCUT2D eigenvalue weighted by Gasteiger charge is 2.29. The quantitative estimate of drug-likeness (QED) is 0.395. The molecule has 0 bridgehead atoms. The van der Waals surface area contributed by atoms with Gasteiger partial charge >= 0.3 is 0 Å². The summed E-state index contributed by atoms with van der Waals surface area (Å²) in [5.74, 6) is -0.148. The van der Waals surface area contributed by atoms with E-state index >= 15 is 0 Å². The number of methoxy groups -OCH3 is 1. The fourth-order valence-electron chi connectivity index (χ4n) is 3.90. The van der Waals surface area contributed by atoms with Gasteiger partial charge in [-0.05, 0) is 48.6 Å². The Morgan fingerprint density at radius 1 is 1.11 bits per heavy atom. The summed E-state index contributed by atoms with van der Waals surface area (Å²) in [5, 5.41) is 2.90. The Hall–Kier alpha value is -3.14. The van der Waals surface area contributed by atoms with Crippen LogP contribution in [-0.4, -0.2) is 57.6 Å². The number of halogens is 1. The molecule has 0 aromatic heterocycles. The second-order valence-electron chi connectivity index (χ2n) is 9.35. The first-order valence-corrected chi connectivity index (χ1v) is 14.2. The third-order valence-corrected chi connectivity index (χ3v) is 7.02. The molecule has 0 unspecified atom stereocenters. The van der Waals surface area contributed by atoms with Crippen molar-refractivity contribution in [2.75, 3.05) is 30.8 Å². The van der Waals surface area contributed by atoms with Gasteiger partial charge in [-0.15, -0.1) is 0 Å². The third-order valence-electron chi connectivity index (χ3n) is 5.83. The topological polar surface area (TPSA) is 96.0 Å². The Balaban J connectivity index is 2.21. The van der Waals surface area contributed by atoms with Gasteiger partial charge in [-0.1, -0.05) is 39.0 Å². The number of ether oxygens (including phenoxy) is 1. The molecule has 0 spiro atoms. The number of benzene rings is 2. The lowest BCUT2D eigenvalue weighted by molar-refractivity contribution is -0.141. The molecule has 2 aromatic carbocycles. The molecule has 2 amide bonds. The maximum Gasteiger partial charge on any atom is 0.242 e. The van der Waals surface area contributed by atoms with Crippen LogP contribution in [0, 0.1) is 11.7 Å². The average Bonchev–Trinajstić information content (AvgIpc) is 2.85. The van der Waals surface area contributed by atoms with E-state index < -0.39 is 16.1 Å². The van der Waals surface area contributed by atoms with Gasteiger partial charge in [-0.3, -0.25) is 13.9 Å². The minimum Gasteiger partial charge on any atom is -0.497 e. The van der Waals surface area contributed by atoms with Gasteiger partial charge in [0, 0.05) is 32.1 Å². The zero-order valence-corrected chi connectivity index (χ0v) is 23.1. The summed E-state index contributed by atoms with van der Waals surface area (Å²) in [7, 11) is -2.11. The van der Waals surface area contributed by atoms with Crippen LogP contribution in [0.5, 0.6) is 5.75 Å². The monoisotopic (exact) mass is 535 g/mol. The second-order valence-corrected chi connectivity index (χ2v) is 11.3. The zero-order valence-electron chi connectivity index (χ0n) is 22.2. The molecule has 10 heteroatoms. The molecule has 0 saturated carbocycles. The molecule has 2 aromatic rings. The lowest BCUT2D eigenvalue weighted by Gasteiger charge is -2.31. The molecular weight excluding hydrogens is 497 g/mol. The van der Waals surface area contributed by atoms with E-state index in [1.165, 1.54) is 28.4 Å². The van der Waals surface area contributed by atoms with Crippen molar-refractivity contribution in [3.05, 3.63) is 59.9 Å². The molecule has 8 nitrogen and oxygen atoms in total. The summed E-state index contributed by atoms with van der Waals surface area (Å²) >= 11 is 0. The number of amides is 2. The first kappa shape index (κ1) is 30.1. The highest BCUT2D eigenvalue weighted by Crippen LogP contribution is 2.24. The largest absolute Gasteiger partial charge is 0.497 e. The van der Waals surface area contributed by atoms with E-state index in [9.17, 15) is 22.4 Å². The van der Waals surface area contributed by atoms with Crippen molar-refractivity contribution in [1.29, 1.82) is 0 Å². The van der Waals surface area contributed by atoms with Gasteiger partial charge in [0.25, 0.3) is 0 Å². The van der Waals surface area contributed by atoms with Crippen LogP contribution in [0.4, 0.5) is 10.1 Å². The van der Waals surface area contributed by atoms with E-state index in [2.05, 4.69) is 5.32 Å². The molecule has 1 atom stereocenters. The van der Waals surface area contributed by atoms with Crippen molar-refractivity contribution in [3.8, 4) is 5.75 Å². The molecule has 37 heavy (non-hydrogen) atoms. The lowest BCUT2D eigenvalue weighted by atomic mass is 10.1. The number of rotatable bonds is 14. The first-order valence-electron chi connectivity index (χ1n) is 12.4. The van der Waals surface area contributed by atoms with Gasteiger partial charge in [0.1, 0.15) is 17.6 Å². The normalized spacial score (nSPS) is 12.2. The Bertz CT molecular complexity index is 1140. The molecule has 204 valence electrons. The van der Waals surface area contributed by atoms with E-state index in [1.54, 1.807) is 36.4 Å². The van der Waals surface area contributed by atoms with Crippen LogP contribution in [0.25, 0.3) is 0 Å². The van der Waals surface area contributed by atoms with E-state index in [0.29, 0.717) is 30.0 Å². The number of hydrogen-bond donors (Lipinski definition) is 1. The van der Waals surface area contributed by atoms with Gasteiger partial charge in [-0.2, -0.15) is 0 Å². The van der Waals surface area contributed by atoms with Crippen molar-refractivity contribution in [2.45, 2.75) is 52.6 Å². The maximum absolute atomic E-state index is 13.4. The van der Waals surface area contributed by atoms with Crippen molar-refractivity contribution < 1.29 is 27.1 Å². The highest BCUT2D eigenvalue weighted by atomic mass is 32.2. The van der Waals surface area contributed by atoms with Crippen LogP contribution >= 0.6 is 0 Å². The summed E-state index contributed by atoms with van der Waals surface area (Å²) < 4.78 is 44.8. The van der Waals surface area contributed by atoms with Crippen LogP contribution < -0.4 is 14.4 Å². The maximum atomic E-state index is 13.4. The SMILES string of the molecule is CC[C@H](C(=O)NCC(C)C)N(Cc1ccc(F)cc1)C(=O)CCCN(c1cccc(OC)c1)S(C)(=O)=O. The number of nitrogens with one attached hydrogen (secondary N) is 1. The molecule has 2 rings (SSSR count). The summed E-state index contributed by atoms with van der Waals surface area (Å²) in [4.78, 5) is 27.9. The smallest absolute Gasteiger partial charge is 0.242 e. The molecule has 0 saturated heterocycles. The van der Waals surface area contributed by atoms with Crippen molar-refractivity contribution in [3.63, 3.8) is 0 Å². The summed E-state index contributed by atoms with van der Waals surface area (Å²) in [6.45, 7) is 6.50. The highest BCUT2D eigenvalue weighted by molar-refractivity contribution is 7.92. The minimum atomic E-state index is -3.61. The Kier molecular flexibility index (Phi) is 11.4. The van der Waals surface area contributed by atoms with Crippen LogP contribution in [0.15, 0.2) is 48.5 Å². The number of nitrogens with zero attached hydrogens (tertiary/aromatic N) is 2. The fourth-order valence-corrected chi connectivity index (χ4v) is 4.86. The van der Waals surface area contributed by atoms with Crippen molar-refractivity contribution in [2.24, 2.45) is 5.92 Å². The molecular formula is C27H38FN3O5S.